The SMILES string of the molecule is CCC(C)(C)O[C@H](C(=O)O)c1c(-c2ccc3c(c2C)CCCO3)c2ccc(OCc3ccccn3)cc2c(=O)n1C. The van der Waals surface area contributed by atoms with Crippen LogP contribution in [0.15, 0.2) is 59.5 Å². The molecular weight excluding hydrogens is 520 g/mol. The lowest BCUT2D eigenvalue weighted by molar-refractivity contribution is -0.163. The molecule has 1 aliphatic rings. The molecule has 4 aromatic rings. The third-order valence-corrected chi connectivity index (χ3v) is 7.94. The number of ether oxygens (including phenoxy) is 3. The van der Waals surface area contributed by atoms with Crippen LogP contribution in [0.2, 0.25) is 0 Å². The van der Waals surface area contributed by atoms with Gasteiger partial charge in [-0.05, 0) is 98.5 Å². The number of rotatable bonds is 9. The fourth-order valence-electron chi connectivity index (χ4n) is 5.34. The van der Waals surface area contributed by atoms with Crippen LogP contribution in [0.5, 0.6) is 11.5 Å². The lowest BCUT2D eigenvalue weighted by atomic mass is 9.88. The van der Waals surface area contributed by atoms with E-state index in [4.69, 9.17) is 14.2 Å². The van der Waals surface area contributed by atoms with E-state index in [9.17, 15) is 14.7 Å². The molecule has 0 amide bonds. The molecule has 0 saturated carbocycles. The number of pyridine rings is 2. The van der Waals surface area contributed by atoms with Gasteiger partial charge in [-0.2, -0.15) is 0 Å². The van der Waals surface area contributed by atoms with Gasteiger partial charge in [-0.3, -0.25) is 9.78 Å². The van der Waals surface area contributed by atoms with Crippen LogP contribution in [0, 0.1) is 6.92 Å². The molecule has 1 atom stereocenters. The van der Waals surface area contributed by atoms with Crippen molar-refractivity contribution in [1.29, 1.82) is 0 Å². The minimum atomic E-state index is -1.37. The van der Waals surface area contributed by atoms with Crippen molar-refractivity contribution in [3.05, 3.63) is 87.6 Å². The molecule has 41 heavy (non-hydrogen) atoms. The maximum atomic E-state index is 13.9. The summed E-state index contributed by atoms with van der Waals surface area (Å²) in [6.07, 6.45) is 2.70. The largest absolute Gasteiger partial charge is 0.493 e. The van der Waals surface area contributed by atoms with E-state index < -0.39 is 17.7 Å². The summed E-state index contributed by atoms with van der Waals surface area (Å²) in [4.78, 5) is 30.9. The lowest BCUT2D eigenvalue weighted by Gasteiger charge is -2.31. The highest BCUT2D eigenvalue weighted by Gasteiger charge is 2.34. The van der Waals surface area contributed by atoms with E-state index >= 15 is 0 Å². The quantitative estimate of drug-likeness (QED) is 0.264. The smallest absolute Gasteiger partial charge is 0.339 e. The molecule has 5 rings (SSSR count). The predicted octanol–water partition coefficient (Wildman–Crippen LogP) is 6.14. The number of carboxylic acid groups (broad SMARTS) is 1. The lowest BCUT2D eigenvalue weighted by Crippen LogP contribution is -2.34. The van der Waals surface area contributed by atoms with Gasteiger partial charge in [-0.1, -0.05) is 19.1 Å². The predicted molar refractivity (Wildman–Crippen MR) is 158 cm³/mol. The van der Waals surface area contributed by atoms with E-state index in [1.165, 1.54) is 4.57 Å². The number of hydrogen-bond donors (Lipinski definition) is 1. The minimum absolute atomic E-state index is 0.253. The fourth-order valence-corrected chi connectivity index (χ4v) is 5.34. The molecule has 2 aromatic heterocycles. The zero-order valence-corrected chi connectivity index (χ0v) is 24.2. The number of aromatic nitrogens is 2. The summed E-state index contributed by atoms with van der Waals surface area (Å²) in [6.45, 7) is 8.60. The van der Waals surface area contributed by atoms with E-state index in [0.29, 0.717) is 40.8 Å². The number of carboxylic acids is 1. The molecule has 0 aliphatic carbocycles. The second kappa shape index (κ2) is 11.4. The average Bonchev–Trinajstić information content (AvgIpc) is 2.98. The Morgan fingerprint density at radius 1 is 1.17 bits per heavy atom. The number of nitrogens with zero attached hydrogens (tertiary/aromatic N) is 2. The van der Waals surface area contributed by atoms with E-state index in [1.807, 2.05) is 64.1 Å². The molecule has 0 radical (unpaired) electrons. The summed E-state index contributed by atoms with van der Waals surface area (Å²) in [5.41, 5.74) is 3.61. The molecule has 0 fully saturated rings. The molecule has 1 aliphatic heterocycles. The maximum Gasteiger partial charge on any atom is 0.339 e. The van der Waals surface area contributed by atoms with Crippen LogP contribution >= 0.6 is 0 Å². The van der Waals surface area contributed by atoms with E-state index in [0.717, 1.165) is 41.0 Å². The molecule has 0 unspecified atom stereocenters. The topological polar surface area (TPSA) is 99.9 Å². The van der Waals surface area contributed by atoms with Gasteiger partial charge in [0.15, 0.2) is 6.10 Å². The van der Waals surface area contributed by atoms with Crippen LogP contribution in [0.25, 0.3) is 21.9 Å². The van der Waals surface area contributed by atoms with Crippen LogP contribution in [0.1, 0.15) is 62.2 Å². The Balaban J connectivity index is 1.75. The van der Waals surface area contributed by atoms with E-state index in [1.54, 1.807) is 25.4 Å². The summed E-state index contributed by atoms with van der Waals surface area (Å²) < 4.78 is 19.5. The van der Waals surface area contributed by atoms with Crippen molar-refractivity contribution in [1.82, 2.24) is 9.55 Å². The van der Waals surface area contributed by atoms with Crippen molar-refractivity contribution in [3.63, 3.8) is 0 Å². The van der Waals surface area contributed by atoms with Crippen LogP contribution in [0.4, 0.5) is 0 Å². The van der Waals surface area contributed by atoms with E-state index in [2.05, 4.69) is 4.98 Å². The fraction of sp³-hybridized carbons (Fsp3) is 0.364. The highest BCUT2D eigenvalue weighted by atomic mass is 16.5. The number of fused-ring (bicyclic) bond motifs is 2. The van der Waals surface area contributed by atoms with Gasteiger partial charge < -0.3 is 23.9 Å². The normalized spacial score (nSPS) is 13.9. The first-order valence-electron chi connectivity index (χ1n) is 14.0. The Labute approximate surface area is 239 Å². The zero-order chi connectivity index (χ0) is 29.3. The molecular formula is C33H36N2O6. The summed E-state index contributed by atoms with van der Waals surface area (Å²) in [5.74, 6) is 0.209. The molecule has 8 nitrogen and oxygen atoms in total. The number of hydrogen-bond acceptors (Lipinski definition) is 6. The number of carbonyl (C=O) groups is 1. The van der Waals surface area contributed by atoms with Gasteiger partial charge in [-0.25, -0.2) is 4.79 Å². The second-order valence-corrected chi connectivity index (χ2v) is 11.1. The molecule has 8 heteroatoms. The second-order valence-electron chi connectivity index (χ2n) is 11.1. The standard InChI is InChI=1S/C33H36N2O6/c1-6-33(3,4)41-30(32(37)38)29-28(24-14-15-27-23(20(24)2)11-9-17-39-27)25-13-12-22(18-26(25)31(36)35(29)5)40-19-21-10-7-8-16-34-21/h7-8,10,12-16,18,30H,6,9,11,17,19H2,1-5H3,(H,37,38)/t30-/m0/s1. The molecule has 1 N–H and O–H groups in total. The van der Waals surface area contributed by atoms with Gasteiger partial charge in [0.25, 0.3) is 5.56 Å². The van der Waals surface area contributed by atoms with Gasteiger partial charge in [0.05, 0.1) is 29.0 Å². The van der Waals surface area contributed by atoms with Crippen molar-refractivity contribution in [2.45, 2.75) is 65.3 Å². The Bertz CT molecular complexity index is 1660. The summed E-state index contributed by atoms with van der Waals surface area (Å²) in [7, 11) is 1.61. The van der Waals surface area contributed by atoms with Crippen LogP contribution in [-0.2, 0) is 29.6 Å². The first-order valence-corrected chi connectivity index (χ1v) is 14.0. The maximum absolute atomic E-state index is 13.9. The van der Waals surface area contributed by atoms with Crippen molar-refractivity contribution in [2.24, 2.45) is 7.05 Å². The van der Waals surface area contributed by atoms with Crippen molar-refractivity contribution in [2.75, 3.05) is 6.61 Å². The molecule has 0 saturated heterocycles. The Morgan fingerprint density at radius 2 is 1.98 bits per heavy atom. The molecule has 0 bridgehead atoms. The minimum Gasteiger partial charge on any atom is -0.493 e. The van der Waals surface area contributed by atoms with Crippen molar-refractivity contribution < 1.29 is 24.1 Å². The van der Waals surface area contributed by atoms with Crippen LogP contribution in [-0.4, -0.2) is 32.8 Å². The Hall–Kier alpha value is -4.17. The van der Waals surface area contributed by atoms with Crippen LogP contribution < -0.4 is 15.0 Å². The van der Waals surface area contributed by atoms with Crippen LogP contribution in [0.3, 0.4) is 0 Å². The van der Waals surface area contributed by atoms with Gasteiger partial charge in [-0.15, -0.1) is 0 Å². The first kappa shape index (κ1) is 28.4. The average molecular weight is 557 g/mol. The molecule has 0 spiro atoms. The van der Waals surface area contributed by atoms with Gasteiger partial charge >= 0.3 is 5.97 Å². The monoisotopic (exact) mass is 556 g/mol. The zero-order valence-electron chi connectivity index (χ0n) is 24.2. The van der Waals surface area contributed by atoms with Crippen molar-refractivity contribution >= 4 is 16.7 Å². The highest BCUT2D eigenvalue weighted by molar-refractivity contribution is 6.00. The Kier molecular flexibility index (Phi) is 7.87. The summed E-state index contributed by atoms with van der Waals surface area (Å²) in [6, 6.07) is 14.9. The number of aliphatic carboxylic acids is 1. The molecule has 214 valence electrons. The Morgan fingerprint density at radius 3 is 2.68 bits per heavy atom. The van der Waals surface area contributed by atoms with Crippen molar-refractivity contribution in [3.8, 4) is 22.6 Å². The highest BCUT2D eigenvalue weighted by Crippen LogP contribution is 2.42. The number of benzene rings is 2. The van der Waals surface area contributed by atoms with Gasteiger partial charge in [0, 0.05) is 18.8 Å². The molecule has 2 aromatic carbocycles. The first-order chi connectivity index (χ1) is 19.6. The van der Waals surface area contributed by atoms with Gasteiger partial charge in [0.1, 0.15) is 18.1 Å². The summed E-state index contributed by atoms with van der Waals surface area (Å²) >= 11 is 0. The van der Waals surface area contributed by atoms with Gasteiger partial charge in [0.2, 0.25) is 0 Å². The van der Waals surface area contributed by atoms with E-state index in [-0.39, 0.29) is 12.2 Å². The molecule has 3 heterocycles. The summed E-state index contributed by atoms with van der Waals surface area (Å²) in [5, 5.41) is 11.5. The third kappa shape index (κ3) is 5.57. The third-order valence-electron chi connectivity index (χ3n) is 7.94.